The van der Waals surface area contributed by atoms with Crippen LogP contribution in [0, 0.1) is 17.6 Å². The first-order valence-electron chi connectivity index (χ1n) is 7.30. The highest BCUT2D eigenvalue weighted by Crippen LogP contribution is 2.23. The molecular formula is C16H21F2NOS. The van der Waals surface area contributed by atoms with Gasteiger partial charge in [-0.15, -0.1) is 0 Å². The van der Waals surface area contributed by atoms with Gasteiger partial charge in [0.15, 0.2) is 0 Å². The molecule has 1 aliphatic rings. The molecule has 116 valence electrons. The number of piperidine rings is 1. The zero-order chi connectivity index (χ0) is 15.2. The van der Waals surface area contributed by atoms with E-state index in [9.17, 15) is 13.6 Å². The van der Waals surface area contributed by atoms with Gasteiger partial charge >= 0.3 is 0 Å². The molecule has 0 aliphatic carbocycles. The minimum absolute atomic E-state index is 0.195. The Labute approximate surface area is 128 Å². The van der Waals surface area contributed by atoms with Crippen molar-refractivity contribution in [3.05, 3.63) is 35.4 Å². The molecule has 0 spiro atoms. The largest absolute Gasteiger partial charge is 0.342 e. The third-order valence-corrected chi connectivity index (χ3v) is 4.51. The molecule has 0 unspecified atom stereocenters. The van der Waals surface area contributed by atoms with Gasteiger partial charge < -0.3 is 4.90 Å². The Morgan fingerprint density at radius 3 is 2.95 bits per heavy atom. The number of rotatable bonds is 5. The van der Waals surface area contributed by atoms with Crippen LogP contribution in [-0.4, -0.2) is 35.9 Å². The average molecular weight is 313 g/mol. The fourth-order valence-electron chi connectivity index (χ4n) is 2.83. The SMILES string of the molecule is CSCC(=O)N1CCC[C@H](CCc2ccc(F)cc2F)C1. The Kier molecular flexibility index (Phi) is 6.03. The van der Waals surface area contributed by atoms with E-state index in [1.807, 2.05) is 11.2 Å². The highest BCUT2D eigenvalue weighted by atomic mass is 32.2. The highest BCUT2D eigenvalue weighted by Gasteiger charge is 2.23. The van der Waals surface area contributed by atoms with Crippen LogP contribution in [-0.2, 0) is 11.2 Å². The van der Waals surface area contributed by atoms with Gasteiger partial charge in [0.2, 0.25) is 5.91 Å². The molecule has 1 amide bonds. The van der Waals surface area contributed by atoms with Crippen LogP contribution in [0.2, 0.25) is 0 Å². The van der Waals surface area contributed by atoms with Crippen molar-refractivity contribution >= 4 is 17.7 Å². The van der Waals surface area contributed by atoms with Crippen molar-refractivity contribution < 1.29 is 13.6 Å². The van der Waals surface area contributed by atoms with Crippen molar-refractivity contribution in [1.29, 1.82) is 0 Å². The van der Waals surface area contributed by atoms with Gasteiger partial charge in [0.1, 0.15) is 11.6 Å². The maximum Gasteiger partial charge on any atom is 0.232 e. The van der Waals surface area contributed by atoms with E-state index in [1.165, 1.54) is 12.1 Å². The van der Waals surface area contributed by atoms with Crippen molar-refractivity contribution in [1.82, 2.24) is 4.90 Å². The molecule has 1 heterocycles. The summed E-state index contributed by atoms with van der Waals surface area (Å²) in [5.41, 5.74) is 0.559. The molecule has 2 rings (SSSR count). The lowest BCUT2D eigenvalue weighted by Crippen LogP contribution is -2.41. The highest BCUT2D eigenvalue weighted by molar-refractivity contribution is 7.99. The van der Waals surface area contributed by atoms with Gasteiger partial charge in [-0.2, -0.15) is 11.8 Å². The molecular weight excluding hydrogens is 292 g/mol. The van der Waals surface area contributed by atoms with Crippen LogP contribution in [0.25, 0.3) is 0 Å². The summed E-state index contributed by atoms with van der Waals surface area (Å²) in [4.78, 5) is 13.8. The molecule has 1 fully saturated rings. The van der Waals surface area contributed by atoms with Crippen LogP contribution in [0.1, 0.15) is 24.8 Å². The third-order valence-electron chi connectivity index (χ3n) is 3.98. The van der Waals surface area contributed by atoms with E-state index in [-0.39, 0.29) is 5.91 Å². The average Bonchev–Trinajstić information content (AvgIpc) is 2.47. The molecule has 0 saturated carbocycles. The van der Waals surface area contributed by atoms with E-state index < -0.39 is 11.6 Å². The summed E-state index contributed by atoms with van der Waals surface area (Å²) in [5.74, 6) is 0.123. The van der Waals surface area contributed by atoms with E-state index in [1.54, 1.807) is 11.8 Å². The quantitative estimate of drug-likeness (QED) is 0.829. The molecule has 0 aromatic heterocycles. The summed E-state index contributed by atoms with van der Waals surface area (Å²) in [7, 11) is 0. The number of aryl methyl sites for hydroxylation is 1. The molecule has 2 nitrogen and oxygen atoms in total. The lowest BCUT2D eigenvalue weighted by atomic mass is 9.91. The topological polar surface area (TPSA) is 20.3 Å². The van der Waals surface area contributed by atoms with Gasteiger partial charge in [-0.3, -0.25) is 4.79 Å². The molecule has 0 N–H and O–H groups in total. The molecule has 1 saturated heterocycles. The number of hydrogen-bond donors (Lipinski definition) is 0. The molecule has 0 bridgehead atoms. The molecule has 21 heavy (non-hydrogen) atoms. The number of nitrogens with zero attached hydrogens (tertiary/aromatic N) is 1. The van der Waals surface area contributed by atoms with Crippen LogP contribution < -0.4 is 0 Å². The molecule has 1 atom stereocenters. The van der Waals surface area contributed by atoms with E-state index in [2.05, 4.69) is 0 Å². The minimum atomic E-state index is -0.539. The first-order chi connectivity index (χ1) is 10.1. The number of amides is 1. The fourth-order valence-corrected chi connectivity index (χ4v) is 3.26. The predicted octanol–water partition coefficient (Wildman–Crippen LogP) is 3.50. The summed E-state index contributed by atoms with van der Waals surface area (Å²) >= 11 is 1.54. The Hall–Kier alpha value is -1.10. The summed E-state index contributed by atoms with van der Waals surface area (Å²) in [5, 5.41) is 0. The number of thioether (sulfide) groups is 1. The maximum absolute atomic E-state index is 13.6. The molecule has 0 radical (unpaired) electrons. The van der Waals surface area contributed by atoms with Gasteiger partial charge in [0.05, 0.1) is 5.75 Å². The molecule has 1 aliphatic heterocycles. The summed E-state index contributed by atoms with van der Waals surface area (Å²) < 4.78 is 26.5. The van der Waals surface area contributed by atoms with Crippen LogP contribution >= 0.6 is 11.8 Å². The Morgan fingerprint density at radius 1 is 1.43 bits per heavy atom. The number of likely N-dealkylation sites (tertiary alicyclic amines) is 1. The van der Waals surface area contributed by atoms with E-state index >= 15 is 0 Å². The van der Waals surface area contributed by atoms with Crippen LogP contribution in [0.5, 0.6) is 0 Å². The molecule has 5 heteroatoms. The minimum Gasteiger partial charge on any atom is -0.342 e. The Balaban J connectivity index is 1.86. The zero-order valence-corrected chi connectivity index (χ0v) is 13.1. The first kappa shape index (κ1) is 16.3. The monoisotopic (exact) mass is 313 g/mol. The Bertz CT molecular complexity index is 495. The normalized spacial score (nSPS) is 18.8. The second-order valence-corrected chi connectivity index (χ2v) is 6.42. The van der Waals surface area contributed by atoms with Crippen LogP contribution in [0.4, 0.5) is 8.78 Å². The van der Waals surface area contributed by atoms with Crippen molar-refractivity contribution in [3.63, 3.8) is 0 Å². The van der Waals surface area contributed by atoms with Gasteiger partial charge in [0, 0.05) is 19.2 Å². The van der Waals surface area contributed by atoms with E-state index in [0.717, 1.165) is 38.4 Å². The number of carbonyl (C=O) groups is 1. The van der Waals surface area contributed by atoms with Crippen molar-refractivity contribution in [2.75, 3.05) is 25.1 Å². The molecule has 1 aromatic carbocycles. The van der Waals surface area contributed by atoms with Crippen molar-refractivity contribution in [2.24, 2.45) is 5.92 Å². The number of carbonyl (C=O) groups excluding carboxylic acids is 1. The number of benzene rings is 1. The van der Waals surface area contributed by atoms with Gasteiger partial charge in [-0.05, 0) is 49.5 Å². The second-order valence-electron chi connectivity index (χ2n) is 5.56. The summed E-state index contributed by atoms with van der Waals surface area (Å²) in [6, 6.07) is 3.75. The van der Waals surface area contributed by atoms with Gasteiger partial charge in [-0.25, -0.2) is 8.78 Å². The number of hydrogen-bond acceptors (Lipinski definition) is 2. The summed E-state index contributed by atoms with van der Waals surface area (Å²) in [6.45, 7) is 1.60. The van der Waals surface area contributed by atoms with Crippen molar-refractivity contribution in [3.8, 4) is 0 Å². The van der Waals surface area contributed by atoms with Gasteiger partial charge in [0.25, 0.3) is 0 Å². The van der Waals surface area contributed by atoms with Crippen LogP contribution in [0.3, 0.4) is 0 Å². The Morgan fingerprint density at radius 2 is 2.24 bits per heavy atom. The fraction of sp³-hybridized carbons (Fsp3) is 0.562. The molecule has 1 aromatic rings. The summed E-state index contributed by atoms with van der Waals surface area (Å²) in [6.07, 6.45) is 5.45. The number of halogens is 2. The van der Waals surface area contributed by atoms with Crippen molar-refractivity contribution in [2.45, 2.75) is 25.7 Å². The first-order valence-corrected chi connectivity index (χ1v) is 8.70. The zero-order valence-electron chi connectivity index (χ0n) is 12.3. The van der Waals surface area contributed by atoms with Crippen LogP contribution in [0.15, 0.2) is 18.2 Å². The van der Waals surface area contributed by atoms with Gasteiger partial charge in [-0.1, -0.05) is 6.07 Å². The standard InChI is InChI=1S/C16H21F2NOS/c1-21-11-16(20)19-8-2-3-12(10-19)4-5-13-6-7-14(17)9-15(13)18/h6-7,9,12H,2-5,8,10-11H2,1H3/t12-/m1/s1. The van der Waals surface area contributed by atoms with E-state index in [0.29, 0.717) is 23.7 Å². The third kappa shape index (κ3) is 4.70. The lowest BCUT2D eigenvalue weighted by molar-refractivity contribution is -0.130. The predicted molar refractivity (Wildman–Crippen MR) is 82.4 cm³/mol. The second kappa shape index (κ2) is 7.78. The smallest absolute Gasteiger partial charge is 0.232 e. The lowest BCUT2D eigenvalue weighted by Gasteiger charge is -2.32. The maximum atomic E-state index is 13.6. The van der Waals surface area contributed by atoms with E-state index in [4.69, 9.17) is 0 Å².